The van der Waals surface area contributed by atoms with Crippen molar-refractivity contribution in [1.29, 1.82) is 0 Å². The van der Waals surface area contributed by atoms with Gasteiger partial charge in [0.15, 0.2) is 0 Å². The topological polar surface area (TPSA) is 214 Å². The van der Waals surface area contributed by atoms with Crippen LogP contribution in [0.25, 0.3) is 0 Å². The number of hydrogen-bond donors (Lipinski definition) is 7. The number of unbranched alkanes of at least 4 members (excludes halogenated alkanes) is 1. The molecule has 3 atom stereocenters. The van der Waals surface area contributed by atoms with E-state index in [2.05, 4.69) is 16.0 Å². The molecule has 12 heteroatoms. The van der Waals surface area contributed by atoms with E-state index in [-0.39, 0.29) is 12.3 Å². The molecule has 0 saturated heterocycles. The standard InChI is InChI=1S/C19H35N5O7/c1-11(2)9-12(21)17(28)24-13(5-3-4-8-20)18(29)22-10-15(25)23-14(19(30)31)6-7-16(26)27/h11-14H,3-10,20-21H2,1-2H3,(H,22,29)(H,23,25)(H,24,28)(H,26,27)(H,30,31). The Kier molecular flexibility index (Phi) is 13.8. The van der Waals surface area contributed by atoms with Crippen LogP contribution in [0, 0.1) is 5.92 Å². The minimum Gasteiger partial charge on any atom is -0.481 e. The number of aliphatic carboxylic acids is 2. The van der Waals surface area contributed by atoms with Crippen LogP contribution in [0.1, 0.15) is 52.4 Å². The summed E-state index contributed by atoms with van der Waals surface area (Å²) in [6, 6.07) is -3.10. The first-order valence-electron chi connectivity index (χ1n) is 10.3. The average Bonchev–Trinajstić information content (AvgIpc) is 2.67. The molecule has 0 spiro atoms. The highest BCUT2D eigenvalue weighted by atomic mass is 16.4. The van der Waals surface area contributed by atoms with Gasteiger partial charge in [0.2, 0.25) is 17.7 Å². The van der Waals surface area contributed by atoms with Crippen LogP contribution < -0.4 is 27.4 Å². The zero-order valence-corrected chi connectivity index (χ0v) is 18.1. The second-order valence-corrected chi connectivity index (χ2v) is 7.69. The second kappa shape index (κ2) is 15.1. The third-order valence-corrected chi connectivity index (χ3v) is 4.35. The number of carbonyl (C=O) groups excluding carboxylic acids is 3. The molecule has 0 aliphatic carbocycles. The summed E-state index contributed by atoms with van der Waals surface area (Å²) in [5.74, 6) is -4.28. The number of carboxylic acid groups (broad SMARTS) is 2. The monoisotopic (exact) mass is 445 g/mol. The van der Waals surface area contributed by atoms with Crippen molar-refractivity contribution in [3.63, 3.8) is 0 Å². The van der Waals surface area contributed by atoms with Crippen LogP contribution in [0.4, 0.5) is 0 Å². The Balaban J connectivity index is 4.84. The zero-order chi connectivity index (χ0) is 24.0. The molecule has 0 saturated carbocycles. The van der Waals surface area contributed by atoms with Gasteiger partial charge in [-0.05, 0) is 44.6 Å². The molecule has 12 nitrogen and oxygen atoms in total. The predicted octanol–water partition coefficient (Wildman–Crippen LogP) is -1.48. The third-order valence-electron chi connectivity index (χ3n) is 4.35. The van der Waals surface area contributed by atoms with E-state index in [0.717, 1.165) is 0 Å². The highest BCUT2D eigenvalue weighted by molar-refractivity contribution is 5.92. The molecule has 0 aromatic rings. The quantitative estimate of drug-likeness (QED) is 0.138. The number of nitrogens with one attached hydrogen (secondary N) is 3. The van der Waals surface area contributed by atoms with Crippen LogP contribution in [0.5, 0.6) is 0 Å². The average molecular weight is 446 g/mol. The van der Waals surface area contributed by atoms with Gasteiger partial charge in [-0.1, -0.05) is 13.8 Å². The SMILES string of the molecule is CC(C)CC(N)C(=O)NC(CCCCN)C(=O)NCC(=O)NC(CCC(=O)O)C(=O)O. The van der Waals surface area contributed by atoms with E-state index >= 15 is 0 Å². The molecule has 0 aliphatic rings. The Labute approximate surface area is 181 Å². The minimum atomic E-state index is -1.39. The van der Waals surface area contributed by atoms with Crippen molar-refractivity contribution >= 4 is 29.7 Å². The number of carboxylic acids is 2. The first kappa shape index (κ1) is 28.3. The molecule has 0 radical (unpaired) electrons. The summed E-state index contributed by atoms with van der Waals surface area (Å²) in [4.78, 5) is 58.5. The molecule has 0 aromatic heterocycles. The maximum atomic E-state index is 12.5. The first-order valence-corrected chi connectivity index (χ1v) is 10.3. The molecule has 0 aromatic carbocycles. The lowest BCUT2D eigenvalue weighted by Crippen LogP contribution is -2.53. The summed E-state index contributed by atoms with van der Waals surface area (Å²) in [6.45, 7) is 3.72. The van der Waals surface area contributed by atoms with Crippen molar-refractivity contribution in [3.05, 3.63) is 0 Å². The van der Waals surface area contributed by atoms with Gasteiger partial charge in [0.25, 0.3) is 0 Å². The van der Waals surface area contributed by atoms with Crippen LogP contribution in [-0.4, -0.2) is 71.1 Å². The van der Waals surface area contributed by atoms with Gasteiger partial charge in [-0.15, -0.1) is 0 Å². The summed E-state index contributed by atoms with van der Waals surface area (Å²) in [5.41, 5.74) is 11.3. The number of hydrogen-bond acceptors (Lipinski definition) is 7. The molecule has 0 aliphatic heterocycles. The molecule has 178 valence electrons. The fourth-order valence-corrected chi connectivity index (χ4v) is 2.72. The Hall–Kier alpha value is -2.73. The summed E-state index contributed by atoms with van der Waals surface area (Å²) in [6.07, 6.45) is 1.21. The van der Waals surface area contributed by atoms with Crippen molar-refractivity contribution in [2.75, 3.05) is 13.1 Å². The smallest absolute Gasteiger partial charge is 0.326 e. The minimum absolute atomic E-state index is 0.192. The molecule has 9 N–H and O–H groups in total. The molecule has 0 bridgehead atoms. The number of rotatable bonds is 16. The van der Waals surface area contributed by atoms with Crippen LogP contribution in [0.2, 0.25) is 0 Å². The highest BCUT2D eigenvalue weighted by Crippen LogP contribution is 2.05. The van der Waals surface area contributed by atoms with Crippen molar-refractivity contribution < 1.29 is 34.2 Å². The maximum Gasteiger partial charge on any atom is 0.326 e. The summed E-state index contributed by atoms with van der Waals surface area (Å²) in [7, 11) is 0. The largest absolute Gasteiger partial charge is 0.481 e. The molecule has 31 heavy (non-hydrogen) atoms. The molecule has 0 fully saturated rings. The van der Waals surface area contributed by atoms with Crippen molar-refractivity contribution in [2.45, 2.75) is 70.5 Å². The Morgan fingerprint density at radius 2 is 1.55 bits per heavy atom. The van der Waals surface area contributed by atoms with Crippen molar-refractivity contribution in [3.8, 4) is 0 Å². The lowest BCUT2D eigenvalue weighted by atomic mass is 10.0. The highest BCUT2D eigenvalue weighted by Gasteiger charge is 2.25. The molecule has 3 amide bonds. The van der Waals surface area contributed by atoms with E-state index < -0.39 is 60.8 Å². The van der Waals surface area contributed by atoms with Crippen LogP contribution in [-0.2, 0) is 24.0 Å². The normalized spacial score (nSPS) is 13.7. The number of carbonyl (C=O) groups is 5. The van der Waals surface area contributed by atoms with Gasteiger partial charge in [-0.25, -0.2) is 4.79 Å². The lowest BCUT2D eigenvalue weighted by Gasteiger charge is -2.21. The molecule has 3 unspecified atom stereocenters. The van der Waals surface area contributed by atoms with Crippen molar-refractivity contribution in [2.24, 2.45) is 17.4 Å². The van der Waals surface area contributed by atoms with Gasteiger partial charge in [0.05, 0.1) is 12.6 Å². The van der Waals surface area contributed by atoms with E-state index in [0.29, 0.717) is 32.2 Å². The zero-order valence-electron chi connectivity index (χ0n) is 18.1. The van der Waals surface area contributed by atoms with E-state index in [1.807, 2.05) is 13.8 Å². The Morgan fingerprint density at radius 3 is 2.06 bits per heavy atom. The molecular weight excluding hydrogens is 410 g/mol. The molecule has 0 heterocycles. The lowest BCUT2D eigenvalue weighted by molar-refractivity contribution is -0.143. The summed E-state index contributed by atoms with van der Waals surface area (Å²) in [5, 5.41) is 24.8. The van der Waals surface area contributed by atoms with Gasteiger partial charge < -0.3 is 37.6 Å². The molecule has 0 rings (SSSR count). The second-order valence-electron chi connectivity index (χ2n) is 7.69. The van der Waals surface area contributed by atoms with E-state index in [1.165, 1.54) is 0 Å². The number of nitrogens with two attached hydrogens (primary N) is 2. The van der Waals surface area contributed by atoms with Crippen LogP contribution in [0.15, 0.2) is 0 Å². The predicted molar refractivity (Wildman–Crippen MR) is 112 cm³/mol. The van der Waals surface area contributed by atoms with Crippen molar-refractivity contribution in [1.82, 2.24) is 16.0 Å². The van der Waals surface area contributed by atoms with Gasteiger partial charge >= 0.3 is 11.9 Å². The van der Waals surface area contributed by atoms with Gasteiger partial charge in [0, 0.05) is 6.42 Å². The molecular formula is C19H35N5O7. The summed E-state index contributed by atoms with van der Waals surface area (Å²) < 4.78 is 0. The Bertz CT molecular complexity index is 627. The van der Waals surface area contributed by atoms with Gasteiger partial charge in [-0.2, -0.15) is 0 Å². The fraction of sp³-hybridized carbons (Fsp3) is 0.737. The van der Waals surface area contributed by atoms with Crippen LogP contribution >= 0.6 is 0 Å². The van der Waals surface area contributed by atoms with E-state index in [4.69, 9.17) is 21.7 Å². The Morgan fingerprint density at radius 1 is 0.903 bits per heavy atom. The van der Waals surface area contributed by atoms with E-state index in [1.54, 1.807) is 0 Å². The third kappa shape index (κ3) is 13.2. The summed E-state index contributed by atoms with van der Waals surface area (Å²) >= 11 is 0. The van der Waals surface area contributed by atoms with E-state index in [9.17, 15) is 24.0 Å². The number of amides is 3. The fourth-order valence-electron chi connectivity index (χ4n) is 2.72. The van der Waals surface area contributed by atoms with Gasteiger partial charge in [0.1, 0.15) is 12.1 Å². The maximum absolute atomic E-state index is 12.5. The van der Waals surface area contributed by atoms with Gasteiger partial charge in [-0.3, -0.25) is 19.2 Å². The first-order chi connectivity index (χ1) is 14.5. The van der Waals surface area contributed by atoms with Crippen LogP contribution in [0.3, 0.4) is 0 Å².